The van der Waals surface area contributed by atoms with Crippen LogP contribution < -0.4 is 14.3 Å². The van der Waals surface area contributed by atoms with Gasteiger partial charge in [-0.25, -0.2) is 8.42 Å². The predicted molar refractivity (Wildman–Crippen MR) is 138 cm³/mol. The van der Waals surface area contributed by atoms with E-state index in [1.165, 1.54) is 45.5 Å². The summed E-state index contributed by atoms with van der Waals surface area (Å²) in [5.41, 5.74) is 3.36. The third kappa shape index (κ3) is 4.32. The molecule has 3 aromatic carbocycles. The number of aryl methyl sites for hydroxylation is 1. The van der Waals surface area contributed by atoms with E-state index in [0.717, 1.165) is 15.8 Å². The smallest absolute Gasteiger partial charge is 0.279 e. The molecule has 0 bridgehead atoms. The molecule has 1 aliphatic heterocycles. The van der Waals surface area contributed by atoms with Gasteiger partial charge in [-0.3, -0.25) is 4.79 Å². The van der Waals surface area contributed by atoms with Crippen molar-refractivity contribution in [2.75, 3.05) is 20.8 Å². The molecule has 1 aliphatic rings. The number of fused-ring (bicyclic) bond motifs is 2. The Morgan fingerprint density at radius 3 is 2.33 bits per heavy atom. The number of sulfonamides is 1. The number of carbonyl (C=O) groups excluding carboxylic acids is 1. The van der Waals surface area contributed by atoms with Crippen molar-refractivity contribution in [1.82, 2.24) is 8.87 Å². The van der Waals surface area contributed by atoms with Gasteiger partial charge in [-0.05, 0) is 41.8 Å². The Balaban J connectivity index is 1.41. The highest BCUT2D eigenvalue weighted by molar-refractivity contribution is 7.89. The van der Waals surface area contributed by atoms with E-state index in [1.807, 2.05) is 48.0 Å². The maximum absolute atomic E-state index is 13.2. The van der Waals surface area contributed by atoms with Crippen molar-refractivity contribution < 1.29 is 22.7 Å². The van der Waals surface area contributed by atoms with Crippen LogP contribution in [0.5, 0.6) is 11.5 Å². The van der Waals surface area contributed by atoms with Gasteiger partial charge >= 0.3 is 0 Å². The topological polar surface area (TPSA) is 90.2 Å². The average molecular weight is 524 g/mol. The fraction of sp³-hybridized carbons (Fsp3) is 0.231. The lowest BCUT2D eigenvalue weighted by atomic mass is 10.0. The number of hydrogen-bond acceptors (Lipinski definition) is 6. The number of ether oxygens (including phenoxy) is 2. The molecule has 4 aromatic rings. The Bertz CT molecular complexity index is 1640. The largest absolute Gasteiger partial charge is 0.493 e. The van der Waals surface area contributed by atoms with Crippen LogP contribution in [-0.4, -0.2) is 44.0 Å². The van der Waals surface area contributed by atoms with Crippen molar-refractivity contribution in [3.63, 3.8) is 0 Å². The van der Waals surface area contributed by atoms with Gasteiger partial charge in [-0.15, -0.1) is 0 Å². The van der Waals surface area contributed by atoms with E-state index in [1.54, 1.807) is 14.2 Å². The molecule has 0 saturated carbocycles. The third-order valence-electron chi connectivity index (χ3n) is 6.35. The highest BCUT2D eigenvalue weighted by Crippen LogP contribution is 2.33. The van der Waals surface area contributed by atoms with Gasteiger partial charge in [0.1, 0.15) is 0 Å². The summed E-state index contributed by atoms with van der Waals surface area (Å²) in [6.07, 6.45) is 0.675. The van der Waals surface area contributed by atoms with Crippen LogP contribution in [0.25, 0.3) is 10.2 Å². The lowest BCUT2D eigenvalue weighted by molar-refractivity contribution is 0.0998. The molecule has 0 spiro atoms. The van der Waals surface area contributed by atoms with Crippen molar-refractivity contribution in [3.05, 3.63) is 82.2 Å². The number of hydrogen-bond donors (Lipinski definition) is 0. The first-order valence-corrected chi connectivity index (χ1v) is 13.5. The van der Waals surface area contributed by atoms with Crippen LogP contribution in [-0.2, 0) is 30.0 Å². The SMILES string of the molecule is COc1cc2sc(=NC(=O)c3ccc(S(=O)(=O)N4CCc5ccccc5C4)cc3)n(C)c2cc1OC. The van der Waals surface area contributed by atoms with E-state index >= 15 is 0 Å². The molecule has 10 heteroatoms. The number of methoxy groups -OCH3 is 2. The Morgan fingerprint density at radius 2 is 1.64 bits per heavy atom. The van der Waals surface area contributed by atoms with Crippen molar-refractivity contribution in [3.8, 4) is 11.5 Å². The van der Waals surface area contributed by atoms with Crippen LogP contribution in [0.1, 0.15) is 21.5 Å². The minimum absolute atomic E-state index is 0.157. The number of benzene rings is 3. The summed E-state index contributed by atoms with van der Waals surface area (Å²) in [6.45, 7) is 0.764. The predicted octanol–water partition coefficient (Wildman–Crippen LogP) is 3.75. The second-order valence-electron chi connectivity index (χ2n) is 8.42. The zero-order chi connectivity index (χ0) is 25.4. The van der Waals surface area contributed by atoms with E-state index in [0.29, 0.717) is 41.4 Å². The lowest BCUT2D eigenvalue weighted by Gasteiger charge is -2.28. The fourth-order valence-corrected chi connectivity index (χ4v) is 6.75. The van der Waals surface area contributed by atoms with Crippen LogP contribution >= 0.6 is 11.3 Å². The molecule has 186 valence electrons. The molecule has 1 amide bonds. The van der Waals surface area contributed by atoms with Crippen molar-refractivity contribution in [2.45, 2.75) is 17.9 Å². The highest BCUT2D eigenvalue weighted by atomic mass is 32.2. The average Bonchev–Trinajstić information content (AvgIpc) is 3.21. The summed E-state index contributed by atoms with van der Waals surface area (Å²) in [5.74, 6) is 0.732. The normalized spacial score (nSPS) is 14.6. The second-order valence-corrected chi connectivity index (χ2v) is 11.4. The summed E-state index contributed by atoms with van der Waals surface area (Å²) in [5, 5.41) is 0. The second kappa shape index (κ2) is 9.53. The summed E-state index contributed by atoms with van der Waals surface area (Å²) >= 11 is 1.35. The standard InChI is InChI=1S/C26H25N3O5S2/c1-28-21-14-22(33-2)23(34-3)15-24(21)35-26(28)27-25(30)18-8-10-20(11-9-18)36(31,32)29-13-12-17-6-4-5-7-19(17)16-29/h4-11,14-15H,12-13,16H2,1-3H3. The van der Waals surface area contributed by atoms with Gasteiger partial charge in [0.05, 0.1) is 29.3 Å². The number of carbonyl (C=O) groups is 1. The molecule has 0 aliphatic carbocycles. The molecule has 0 fully saturated rings. The molecule has 0 N–H and O–H groups in total. The van der Waals surface area contributed by atoms with E-state index in [2.05, 4.69) is 4.99 Å². The zero-order valence-corrected chi connectivity index (χ0v) is 21.7. The number of aromatic nitrogens is 1. The molecule has 1 aromatic heterocycles. The van der Waals surface area contributed by atoms with Crippen molar-refractivity contribution in [2.24, 2.45) is 12.0 Å². The van der Waals surface area contributed by atoms with Crippen molar-refractivity contribution in [1.29, 1.82) is 0 Å². The first kappa shape index (κ1) is 24.2. The van der Waals surface area contributed by atoms with Gasteiger partial charge in [-0.1, -0.05) is 35.6 Å². The van der Waals surface area contributed by atoms with Crippen LogP contribution in [0.4, 0.5) is 0 Å². The number of amides is 1. The van der Waals surface area contributed by atoms with Gasteiger partial charge in [-0.2, -0.15) is 9.30 Å². The fourth-order valence-electron chi connectivity index (χ4n) is 4.31. The number of nitrogens with zero attached hydrogens (tertiary/aromatic N) is 3. The lowest BCUT2D eigenvalue weighted by Crippen LogP contribution is -2.35. The molecule has 0 saturated heterocycles. The molecule has 8 nitrogen and oxygen atoms in total. The zero-order valence-electron chi connectivity index (χ0n) is 20.1. The molecule has 0 atom stereocenters. The van der Waals surface area contributed by atoms with E-state index in [-0.39, 0.29) is 4.90 Å². The Morgan fingerprint density at radius 1 is 0.972 bits per heavy atom. The molecule has 2 heterocycles. The van der Waals surface area contributed by atoms with Crippen LogP contribution in [0.2, 0.25) is 0 Å². The molecule has 0 unspecified atom stereocenters. The minimum Gasteiger partial charge on any atom is -0.493 e. The number of thiazole rings is 1. The van der Waals surface area contributed by atoms with E-state index < -0.39 is 15.9 Å². The number of rotatable bonds is 5. The maximum Gasteiger partial charge on any atom is 0.279 e. The monoisotopic (exact) mass is 523 g/mol. The van der Waals surface area contributed by atoms with Crippen LogP contribution in [0, 0.1) is 0 Å². The third-order valence-corrected chi connectivity index (χ3v) is 9.30. The van der Waals surface area contributed by atoms with E-state index in [4.69, 9.17) is 9.47 Å². The summed E-state index contributed by atoms with van der Waals surface area (Å²) in [7, 11) is 1.28. The Kier molecular flexibility index (Phi) is 6.42. The Labute approximate surface area is 213 Å². The molecule has 0 radical (unpaired) electrons. The van der Waals surface area contributed by atoms with E-state index in [9.17, 15) is 13.2 Å². The molecular weight excluding hydrogens is 498 g/mol. The molecular formula is C26H25N3O5S2. The van der Waals surface area contributed by atoms with Gasteiger partial charge < -0.3 is 14.0 Å². The Hall–Kier alpha value is -3.47. The van der Waals surface area contributed by atoms with Crippen molar-refractivity contribution >= 4 is 37.5 Å². The summed E-state index contributed by atoms with van der Waals surface area (Å²) in [6, 6.07) is 17.5. The highest BCUT2D eigenvalue weighted by Gasteiger charge is 2.28. The van der Waals surface area contributed by atoms with Crippen LogP contribution in [0.3, 0.4) is 0 Å². The minimum atomic E-state index is -3.68. The van der Waals surface area contributed by atoms with Gasteiger partial charge in [0.25, 0.3) is 5.91 Å². The first-order valence-electron chi connectivity index (χ1n) is 11.3. The van der Waals surface area contributed by atoms with Gasteiger partial charge in [0, 0.05) is 37.8 Å². The molecule has 36 heavy (non-hydrogen) atoms. The summed E-state index contributed by atoms with van der Waals surface area (Å²) < 4.78 is 41.4. The quantitative estimate of drug-likeness (QED) is 0.398. The van der Waals surface area contributed by atoms with Gasteiger partial charge in [0.2, 0.25) is 10.0 Å². The maximum atomic E-state index is 13.2. The summed E-state index contributed by atoms with van der Waals surface area (Å²) in [4.78, 5) is 17.9. The molecule has 5 rings (SSSR count). The first-order chi connectivity index (χ1) is 17.3. The van der Waals surface area contributed by atoms with Crippen LogP contribution in [0.15, 0.2) is 70.6 Å². The van der Waals surface area contributed by atoms with Gasteiger partial charge in [0.15, 0.2) is 16.3 Å².